The van der Waals surface area contributed by atoms with E-state index in [1.165, 1.54) is 0 Å². The first-order chi connectivity index (χ1) is 10.5. The van der Waals surface area contributed by atoms with Crippen LogP contribution < -0.4 is 10.1 Å². The number of carbonyl (C=O) groups excluding carboxylic acids is 1. The van der Waals surface area contributed by atoms with Crippen LogP contribution in [0.4, 0.5) is 5.69 Å². The average Bonchev–Trinajstić information content (AvgIpc) is 2.50. The van der Waals surface area contributed by atoms with E-state index in [1.807, 2.05) is 26.8 Å². The molecular formula is C17H28N2O3. The lowest BCUT2D eigenvalue weighted by Crippen LogP contribution is -2.42. The van der Waals surface area contributed by atoms with Crippen LogP contribution in [-0.4, -0.2) is 30.2 Å². The molecule has 124 valence electrons. The summed E-state index contributed by atoms with van der Waals surface area (Å²) in [6.07, 6.45) is 3.88. The van der Waals surface area contributed by atoms with Crippen molar-refractivity contribution in [2.45, 2.75) is 59.0 Å². The van der Waals surface area contributed by atoms with Crippen LogP contribution in [0.2, 0.25) is 0 Å². The molecular weight excluding hydrogens is 280 g/mol. The Morgan fingerprint density at radius 1 is 1.32 bits per heavy atom. The Labute approximate surface area is 133 Å². The Morgan fingerprint density at radius 2 is 2.05 bits per heavy atom. The number of carbonyl (C=O) groups is 1. The lowest BCUT2D eigenvalue weighted by molar-refractivity contribution is -0.136. The summed E-state index contributed by atoms with van der Waals surface area (Å²) in [5.41, 5.74) is 0.596. The summed E-state index contributed by atoms with van der Waals surface area (Å²) in [5.74, 6) is 0.426. The Hall–Kier alpha value is -1.62. The zero-order valence-corrected chi connectivity index (χ0v) is 14.4. The number of amides is 1. The number of aryl methyl sites for hydroxylation is 1. The number of nitrogens with one attached hydrogen (secondary N) is 1. The van der Waals surface area contributed by atoms with Gasteiger partial charge in [-0.25, -0.2) is 4.98 Å². The van der Waals surface area contributed by atoms with Crippen molar-refractivity contribution in [3.8, 4) is 5.88 Å². The molecule has 5 heteroatoms. The van der Waals surface area contributed by atoms with Gasteiger partial charge >= 0.3 is 0 Å². The van der Waals surface area contributed by atoms with Crippen molar-refractivity contribution in [2.75, 3.05) is 19.0 Å². The fourth-order valence-electron chi connectivity index (χ4n) is 2.17. The number of rotatable bonds is 9. The summed E-state index contributed by atoms with van der Waals surface area (Å²) in [6, 6.07) is 3.57. The molecule has 1 rings (SSSR count). The van der Waals surface area contributed by atoms with Crippen LogP contribution in [0.3, 0.4) is 0 Å². The van der Waals surface area contributed by atoms with Crippen LogP contribution in [0.15, 0.2) is 12.1 Å². The molecule has 1 N–H and O–H groups in total. The number of hydrogen-bond acceptors (Lipinski definition) is 4. The molecule has 0 radical (unpaired) electrons. The van der Waals surface area contributed by atoms with E-state index >= 15 is 0 Å². The molecule has 0 spiro atoms. The number of anilines is 1. The van der Waals surface area contributed by atoms with Gasteiger partial charge in [-0.1, -0.05) is 26.2 Å². The standard InChI is InChI=1S/C17H28N2O3/c1-6-8-9-12-17(4,21-5)16(20)19-14-10-11-15(22-7-2)18-13(14)3/h10-11H,6-9,12H2,1-5H3,(H,19,20)/t17-/m1/s1. The zero-order valence-electron chi connectivity index (χ0n) is 14.4. The second-order valence-corrected chi connectivity index (χ2v) is 5.56. The number of pyridine rings is 1. The molecule has 1 aromatic heterocycles. The van der Waals surface area contributed by atoms with Crippen LogP contribution in [0, 0.1) is 6.92 Å². The molecule has 1 amide bonds. The van der Waals surface area contributed by atoms with E-state index in [0.717, 1.165) is 25.0 Å². The summed E-state index contributed by atoms with van der Waals surface area (Å²) in [6.45, 7) is 8.29. The minimum atomic E-state index is -0.819. The van der Waals surface area contributed by atoms with E-state index in [9.17, 15) is 4.79 Å². The van der Waals surface area contributed by atoms with Gasteiger partial charge in [0.1, 0.15) is 5.60 Å². The lowest BCUT2D eigenvalue weighted by Gasteiger charge is -2.27. The molecule has 5 nitrogen and oxygen atoms in total. The highest BCUT2D eigenvalue weighted by atomic mass is 16.5. The first-order valence-electron chi connectivity index (χ1n) is 7.93. The van der Waals surface area contributed by atoms with Crippen molar-refractivity contribution < 1.29 is 14.3 Å². The second-order valence-electron chi connectivity index (χ2n) is 5.56. The maximum Gasteiger partial charge on any atom is 0.256 e. The van der Waals surface area contributed by atoms with Crippen molar-refractivity contribution >= 4 is 11.6 Å². The first kappa shape index (κ1) is 18.4. The molecule has 0 fully saturated rings. The van der Waals surface area contributed by atoms with Crippen molar-refractivity contribution in [2.24, 2.45) is 0 Å². The average molecular weight is 308 g/mol. The Kier molecular flexibility index (Phi) is 7.32. The summed E-state index contributed by atoms with van der Waals surface area (Å²) in [7, 11) is 1.58. The lowest BCUT2D eigenvalue weighted by atomic mass is 9.97. The molecule has 1 atom stereocenters. The number of aromatic nitrogens is 1. The van der Waals surface area contributed by atoms with Crippen molar-refractivity contribution in [1.82, 2.24) is 4.98 Å². The molecule has 1 aromatic rings. The Bertz CT molecular complexity index is 491. The van der Waals surface area contributed by atoms with Crippen molar-refractivity contribution in [3.05, 3.63) is 17.8 Å². The quantitative estimate of drug-likeness (QED) is 0.706. The van der Waals surface area contributed by atoms with E-state index in [1.54, 1.807) is 13.2 Å². The summed E-state index contributed by atoms with van der Waals surface area (Å²) in [5, 5.41) is 2.92. The molecule has 0 aliphatic rings. The number of ether oxygens (including phenoxy) is 2. The van der Waals surface area contributed by atoms with Gasteiger partial charge < -0.3 is 14.8 Å². The fourth-order valence-corrected chi connectivity index (χ4v) is 2.17. The molecule has 0 aliphatic heterocycles. The van der Waals surface area contributed by atoms with Crippen LogP contribution in [0.1, 0.15) is 52.1 Å². The van der Waals surface area contributed by atoms with E-state index in [0.29, 0.717) is 24.6 Å². The maximum atomic E-state index is 12.5. The molecule has 22 heavy (non-hydrogen) atoms. The third-order valence-corrected chi connectivity index (χ3v) is 3.79. The minimum Gasteiger partial charge on any atom is -0.478 e. The Balaban J connectivity index is 2.77. The largest absolute Gasteiger partial charge is 0.478 e. The predicted octanol–water partition coefficient (Wildman–Crippen LogP) is 3.71. The Morgan fingerprint density at radius 3 is 2.59 bits per heavy atom. The first-order valence-corrected chi connectivity index (χ1v) is 7.93. The number of hydrogen-bond donors (Lipinski definition) is 1. The number of unbranched alkanes of at least 4 members (excludes halogenated alkanes) is 2. The molecule has 0 bridgehead atoms. The molecule has 0 aromatic carbocycles. The molecule has 0 aliphatic carbocycles. The van der Waals surface area contributed by atoms with Crippen LogP contribution in [0.25, 0.3) is 0 Å². The third-order valence-electron chi connectivity index (χ3n) is 3.79. The van der Waals surface area contributed by atoms with Gasteiger partial charge in [-0.2, -0.15) is 0 Å². The van der Waals surface area contributed by atoms with E-state index in [4.69, 9.17) is 9.47 Å². The SMILES string of the molecule is CCCCC[C@@](C)(OC)C(=O)Nc1ccc(OCC)nc1C. The highest BCUT2D eigenvalue weighted by Crippen LogP contribution is 2.23. The molecule has 1 heterocycles. The minimum absolute atomic E-state index is 0.139. The molecule has 0 saturated heterocycles. The van der Waals surface area contributed by atoms with Gasteiger partial charge in [0.15, 0.2) is 0 Å². The highest BCUT2D eigenvalue weighted by Gasteiger charge is 2.32. The summed E-state index contributed by atoms with van der Waals surface area (Å²) < 4.78 is 10.8. The highest BCUT2D eigenvalue weighted by molar-refractivity contribution is 5.97. The second kappa shape index (κ2) is 8.73. The van der Waals surface area contributed by atoms with Crippen LogP contribution >= 0.6 is 0 Å². The van der Waals surface area contributed by atoms with Gasteiger partial charge in [0, 0.05) is 13.2 Å². The van der Waals surface area contributed by atoms with Gasteiger partial charge in [0.25, 0.3) is 5.91 Å². The van der Waals surface area contributed by atoms with Gasteiger partial charge in [-0.15, -0.1) is 0 Å². The van der Waals surface area contributed by atoms with Crippen LogP contribution in [-0.2, 0) is 9.53 Å². The van der Waals surface area contributed by atoms with E-state index in [-0.39, 0.29) is 5.91 Å². The van der Waals surface area contributed by atoms with Crippen molar-refractivity contribution in [3.63, 3.8) is 0 Å². The third kappa shape index (κ3) is 4.98. The molecule has 0 unspecified atom stereocenters. The molecule has 0 saturated carbocycles. The summed E-state index contributed by atoms with van der Waals surface area (Å²) in [4.78, 5) is 16.8. The predicted molar refractivity (Wildman–Crippen MR) is 88.3 cm³/mol. The van der Waals surface area contributed by atoms with Crippen molar-refractivity contribution in [1.29, 1.82) is 0 Å². The normalized spacial score (nSPS) is 13.5. The number of nitrogens with zero attached hydrogens (tertiary/aromatic N) is 1. The van der Waals surface area contributed by atoms with Gasteiger partial charge in [-0.3, -0.25) is 4.79 Å². The van der Waals surface area contributed by atoms with Gasteiger partial charge in [0.2, 0.25) is 5.88 Å². The monoisotopic (exact) mass is 308 g/mol. The fraction of sp³-hybridized carbons (Fsp3) is 0.647. The van der Waals surface area contributed by atoms with E-state index < -0.39 is 5.60 Å². The number of methoxy groups -OCH3 is 1. The maximum absolute atomic E-state index is 12.5. The topological polar surface area (TPSA) is 60.5 Å². The van der Waals surface area contributed by atoms with Gasteiger partial charge in [0.05, 0.1) is 18.0 Å². The summed E-state index contributed by atoms with van der Waals surface area (Å²) >= 11 is 0. The van der Waals surface area contributed by atoms with E-state index in [2.05, 4.69) is 17.2 Å². The van der Waals surface area contributed by atoms with Crippen LogP contribution in [0.5, 0.6) is 5.88 Å². The smallest absolute Gasteiger partial charge is 0.256 e. The zero-order chi connectivity index (χ0) is 16.6. The van der Waals surface area contributed by atoms with Gasteiger partial charge in [-0.05, 0) is 33.3 Å².